The van der Waals surface area contributed by atoms with Crippen LogP contribution in [0.5, 0.6) is 5.75 Å². The van der Waals surface area contributed by atoms with E-state index in [1.807, 2.05) is 0 Å². The largest absolute Gasteiger partial charge is 0.488 e. The molecule has 4 heteroatoms. The van der Waals surface area contributed by atoms with Gasteiger partial charge in [0.05, 0.1) is 0 Å². The van der Waals surface area contributed by atoms with Gasteiger partial charge in [-0.15, -0.1) is 0 Å². The first-order valence-corrected chi connectivity index (χ1v) is 6.48. The molecular formula is C13H17Cl2NO. The maximum Gasteiger partial charge on any atom is 0.124 e. The van der Waals surface area contributed by atoms with E-state index in [0.717, 1.165) is 18.8 Å². The van der Waals surface area contributed by atoms with E-state index in [-0.39, 0.29) is 11.6 Å². The summed E-state index contributed by atoms with van der Waals surface area (Å²) in [6.07, 6.45) is 0.240. The second-order valence-electron chi connectivity index (χ2n) is 5.42. The van der Waals surface area contributed by atoms with Crippen LogP contribution in [0.2, 0.25) is 10.0 Å². The lowest BCUT2D eigenvalue weighted by molar-refractivity contribution is -0.0349. The summed E-state index contributed by atoms with van der Waals surface area (Å²) in [4.78, 5) is 2.38. The van der Waals surface area contributed by atoms with Crippen LogP contribution in [0.25, 0.3) is 0 Å². The highest BCUT2D eigenvalue weighted by Crippen LogP contribution is 2.28. The molecule has 1 aromatic rings. The molecule has 17 heavy (non-hydrogen) atoms. The fourth-order valence-corrected chi connectivity index (χ4v) is 2.36. The molecule has 0 N–H and O–H groups in total. The van der Waals surface area contributed by atoms with Gasteiger partial charge in [0.15, 0.2) is 0 Å². The molecule has 0 radical (unpaired) electrons. The Morgan fingerprint density at radius 3 is 2.12 bits per heavy atom. The fraction of sp³-hybridized carbons (Fsp3) is 0.538. The first kappa shape index (κ1) is 13.0. The van der Waals surface area contributed by atoms with Crippen molar-refractivity contribution in [3.63, 3.8) is 0 Å². The maximum absolute atomic E-state index is 5.92. The lowest BCUT2D eigenvalue weighted by Gasteiger charge is -2.47. The minimum atomic E-state index is 0.214. The van der Waals surface area contributed by atoms with Crippen molar-refractivity contribution in [3.05, 3.63) is 28.2 Å². The Hall–Kier alpha value is -0.440. The Bertz CT molecular complexity index is 388. The third-order valence-corrected chi connectivity index (χ3v) is 3.37. The summed E-state index contributed by atoms with van der Waals surface area (Å²) in [5.74, 6) is 0.751. The van der Waals surface area contributed by atoms with Gasteiger partial charge >= 0.3 is 0 Å². The maximum atomic E-state index is 5.92. The quantitative estimate of drug-likeness (QED) is 0.812. The van der Waals surface area contributed by atoms with E-state index < -0.39 is 0 Å². The highest BCUT2D eigenvalue weighted by atomic mass is 35.5. The first-order chi connectivity index (χ1) is 7.84. The van der Waals surface area contributed by atoms with E-state index in [4.69, 9.17) is 27.9 Å². The fourth-order valence-electron chi connectivity index (χ4n) is 1.85. The molecule has 1 heterocycles. The predicted molar refractivity (Wildman–Crippen MR) is 72.2 cm³/mol. The average Bonchev–Trinajstić information content (AvgIpc) is 2.06. The topological polar surface area (TPSA) is 12.5 Å². The number of benzene rings is 1. The van der Waals surface area contributed by atoms with E-state index >= 15 is 0 Å². The molecule has 2 nitrogen and oxygen atoms in total. The molecule has 2 rings (SSSR count). The van der Waals surface area contributed by atoms with Gasteiger partial charge in [-0.1, -0.05) is 23.2 Å². The smallest absolute Gasteiger partial charge is 0.124 e. The minimum Gasteiger partial charge on any atom is -0.488 e. The Morgan fingerprint density at radius 2 is 1.65 bits per heavy atom. The number of halogens is 2. The molecule has 0 saturated carbocycles. The first-order valence-electron chi connectivity index (χ1n) is 5.72. The average molecular weight is 274 g/mol. The summed E-state index contributed by atoms with van der Waals surface area (Å²) in [7, 11) is 0. The van der Waals surface area contributed by atoms with Gasteiger partial charge in [-0.2, -0.15) is 0 Å². The summed E-state index contributed by atoms with van der Waals surface area (Å²) in [6.45, 7) is 8.53. The Morgan fingerprint density at radius 1 is 1.12 bits per heavy atom. The lowest BCUT2D eigenvalue weighted by Crippen LogP contribution is -2.60. The van der Waals surface area contributed by atoms with Gasteiger partial charge < -0.3 is 4.74 Å². The van der Waals surface area contributed by atoms with Gasteiger partial charge in [0.1, 0.15) is 11.9 Å². The van der Waals surface area contributed by atoms with Crippen LogP contribution in [-0.4, -0.2) is 29.6 Å². The second kappa shape index (κ2) is 4.68. The summed E-state index contributed by atoms with van der Waals surface area (Å²) < 4.78 is 5.83. The van der Waals surface area contributed by atoms with Crippen LogP contribution in [0.3, 0.4) is 0 Å². The molecule has 0 spiro atoms. The standard InChI is InChI=1S/C13H17Cl2NO/c1-13(2,3)16-7-12(8-16)17-11-5-9(14)4-10(15)6-11/h4-6,12H,7-8H2,1-3H3. The molecule has 94 valence electrons. The van der Waals surface area contributed by atoms with E-state index in [2.05, 4.69) is 25.7 Å². The van der Waals surface area contributed by atoms with Crippen molar-refractivity contribution in [1.29, 1.82) is 0 Å². The number of hydrogen-bond acceptors (Lipinski definition) is 2. The summed E-state index contributed by atoms with van der Waals surface area (Å²) in [5.41, 5.74) is 0.214. The van der Waals surface area contributed by atoms with Crippen LogP contribution in [0.4, 0.5) is 0 Å². The third kappa shape index (κ3) is 3.27. The van der Waals surface area contributed by atoms with E-state index in [0.29, 0.717) is 10.0 Å². The molecule has 0 aliphatic carbocycles. The Balaban J connectivity index is 1.92. The van der Waals surface area contributed by atoms with Crippen molar-refractivity contribution in [1.82, 2.24) is 4.90 Å². The molecule has 0 unspecified atom stereocenters. The molecule has 1 saturated heterocycles. The zero-order chi connectivity index (χ0) is 12.6. The predicted octanol–water partition coefficient (Wildman–Crippen LogP) is 3.85. The third-order valence-electron chi connectivity index (χ3n) is 2.94. The lowest BCUT2D eigenvalue weighted by atomic mass is 9.99. The van der Waals surface area contributed by atoms with Crippen molar-refractivity contribution in [2.24, 2.45) is 0 Å². The van der Waals surface area contributed by atoms with Gasteiger partial charge in [0.25, 0.3) is 0 Å². The van der Waals surface area contributed by atoms with Crippen LogP contribution in [0.1, 0.15) is 20.8 Å². The highest BCUT2D eigenvalue weighted by molar-refractivity contribution is 6.34. The van der Waals surface area contributed by atoms with Crippen molar-refractivity contribution < 1.29 is 4.74 Å². The number of hydrogen-bond donors (Lipinski definition) is 0. The van der Waals surface area contributed by atoms with Crippen molar-refractivity contribution >= 4 is 23.2 Å². The molecule has 0 bridgehead atoms. The monoisotopic (exact) mass is 273 g/mol. The van der Waals surface area contributed by atoms with Crippen LogP contribution >= 0.6 is 23.2 Å². The van der Waals surface area contributed by atoms with E-state index in [9.17, 15) is 0 Å². The summed E-state index contributed by atoms with van der Waals surface area (Å²) >= 11 is 11.8. The molecule has 0 atom stereocenters. The molecule has 1 aromatic carbocycles. The zero-order valence-corrected chi connectivity index (χ0v) is 11.8. The van der Waals surface area contributed by atoms with Crippen LogP contribution in [-0.2, 0) is 0 Å². The SMILES string of the molecule is CC(C)(C)N1CC(Oc2cc(Cl)cc(Cl)c2)C1. The van der Waals surface area contributed by atoms with Gasteiger partial charge in [-0.3, -0.25) is 4.90 Å². The van der Waals surface area contributed by atoms with Crippen molar-refractivity contribution in [2.45, 2.75) is 32.4 Å². The van der Waals surface area contributed by atoms with E-state index in [1.54, 1.807) is 18.2 Å². The van der Waals surface area contributed by atoms with E-state index in [1.165, 1.54) is 0 Å². The molecule has 1 fully saturated rings. The van der Waals surface area contributed by atoms with Crippen LogP contribution in [0, 0.1) is 0 Å². The number of rotatable bonds is 2. The van der Waals surface area contributed by atoms with Gasteiger partial charge in [0.2, 0.25) is 0 Å². The highest BCUT2D eigenvalue weighted by Gasteiger charge is 2.35. The summed E-state index contributed by atoms with van der Waals surface area (Å²) in [5, 5.41) is 1.22. The van der Waals surface area contributed by atoms with Crippen molar-refractivity contribution in [2.75, 3.05) is 13.1 Å². The second-order valence-corrected chi connectivity index (χ2v) is 6.29. The zero-order valence-electron chi connectivity index (χ0n) is 10.3. The molecule has 0 amide bonds. The van der Waals surface area contributed by atoms with Crippen LogP contribution < -0.4 is 4.74 Å². The molecular weight excluding hydrogens is 257 g/mol. The number of ether oxygens (including phenoxy) is 1. The normalized spacial score (nSPS) is 17.9. The number of likely N-dealkylation sites (tertiary alicyclic amines) is 1. The molecule has 1 aliphatic rings. The minimum absolute atomic E-state index is 0.214. The Labute approximate surface area is 112 Å². The van der Waals surface area contributed by atoms with Crippen molar-refractivity contribution in [3.8, 4) is 5.75 Å². The van der Waals surface area contributed by atoms with Gasteiger partial charge in [0, 0.05) is 28.7 Å². The van der Waals surface area contributed by atoms with Crippen LogP contribution in [0.15, 0.2) is 18.2 Å². The van der Waals surface area contributed by atoms with Gasteiger partial charge in [-0.25, -0.2) is 0 Å². The van der Waals surface area contributed by atoms with Gasteiger partial charge in [-0.05, 0) is 39.0 Å². The number of nitrogens with zero attached hydrogens (tertiary/aromatic N) is 1. The Kier molecular flexibility index (Phi) is 3.58. The summed E-state index contributed by atoms with van der Waals surface area (Å²) in [6, 6.07) is 5.30. The molecule has 0 aromatic heterocycles. The molecule has 1 aliphatic heterocycles.